The molecule has 1 aromatic carbocycles. The van der Waals surface area contributed by atoms with Gasteiger partial charge >= 0.3 is 6.18 Å². The smallest absolute Gasteiger partial charge is 0.324 e. The molecule has 2 N–H and O–H groups in total. The highest BCUT2D eigenvalue weighted by Crippen LogP contribution is 2.30. The third-order valence-corrected chi connectivity index (χ3v) is 2.06. The molecule has 0 bridgehead atoms. The first-order chi connectivity index (χ1) is 6.95. The van der Waals surface area contributed by atoms with Crippen LogP contribution < -0.4 is 5.73 Å². The Morgan fingerprint density at radius 3 is 2.50 bits per heavy atom. The van der Waals surface area contributed by atoms with Crippen LogP contribution in [0, 0.1) is 0 Å². The van der Waals surface area contributed by atoms with Gasteiger partial charge in [0.1, 0.15) is 0 Å². The zero-order chi connectivity index (χ0) is 11.5. The average molecular weight is 252 g/mol. The topological polar surface area (TPSA) is 26.0 Å². The second kappa shape index (κ2) is 5.92. The summed E-state index contributed by atoms with van der Waals surface area (Å²) in [5.74, 6) is 0. The molecule has 0 saturated heterocycles. The molecule has 0 spiro atoms. The van der Waals surface area contributed by atoms with Crippen LogP contribution in [-0.2, 0) is 6.18 Å². The van der Waals surface area contributed by atoms with E-state index in [0.29, 0.717) is 12.0 Å². The normalized spacial score (nSPS) is 12.8. The molecule has 1 aromatic rings. The molecule has 90 valence electrons. The fraction of sp³-hybridized carbons (Fsp3) is 0.273. The predicted octanol–water partition coefficient (Wildman–Crippen LogP) is 3.70. The van der Waals surface area contributed by atoms with Crippen molar-refractivity contribution >= 4 is 12.4 Å². The summed E-state index contributed by atoms with van der Waals surface area (Å²) in [6.45, 7) is 3.50. The van der Waals surface area contributed by atoms with Gasteiger partial charge in [0.2, 0.25) is 0 Å². The molecule has 1 nitrogen and oxygen atoms in total. The van der Waals surface area contributed by atoms with Crippen LogP contribution in [0.25, 0.3) is 0 Å². The van der Waals surface area contributed by atoms with E-state index in [2.05, 4.69) is 6.58 Å². The SMILES string of the molecule is C=CC[C@H](N)c1cccc(C(F)(F)F)c1.Cl. The summed E-state index contributed by atoms with van der Waals surface area (Å²) in [5.41, 5.74) is 5.49. The van der Waals surface area contributed by atoms with Gasteiger partial charge in [0, 0.05) is 6.04 Å². The number of nitrogens with two attached hydrogens (primary N) is 1. The summed E-state index contributed by atoms with van der Waals surface area (Å²) in [7, 11) is 0. The third-order valence-electron chi connectivity index (χ3n) is 2.06. The minimum absolute atomic E-state index is 0. The zero-order valence-corrected chi connectivity index (χ0v) is 9.31. The van der Waals surface area contributed by atoms with E-state index >= 15 is 0 Å². The summed E-state index contributed by atoms with van der Waals surface area (Å²) in [5, 5.41) is 0. The van der Waals surface area contributed by atoms with Gasteiger partial charge in [-0.2, -0.15) is 13.2 Å². The molecule has 0 aliphatic carbocycles. The number of benzene rings is 1. The first-order valence-electron chi connectivity index (χ1n) is 4.49. The van der Waals surface area contributed by atoms with Crippen LogP contribution in [0.15, 0.2) is 36.9 Å². The van der Waals surface area contributed by atoms with Gasteiger partial charge in [-0.15, -0.1) is 19.0 Å². The Hall–Kier alpha value is -1.00. The van der Waals surface area contributed by atoms with Gasteiger partial charge in [-0.1, -0.05) is 18.2 Å². The largest absolute Gasteiger partial charge is 0.416 e. The summed E-state index contributed by atoms with van der Waals surface area (Å²) >= 11 is 0. The summed E-state index contributed by atoms with van der Waals surface area (Å²) in [4.78, 5) is 0. The molecule has 16 heavy (non-hydrogen) atoms. The summed E-state index contributed by atoms with van der Waals surface area (Å²) in [6.07, 6.45) is -2.27. The highest BCUT2D eigenvalue weighted by molar-refractivity contribution is 5.85. The molecule has 0 aromatic heterocycles. The Morgan fingerprint density at radius 1 is 1.38 bits per heavy atom. The second-order valence-corrected chi connectivity index (χ2v) is 3.25. The van der Waals surface area contributed by atoms with E-state index < -0.39 is 17.8 Å². The van der Waals surface area contributed by atoms with Gasteiger partial charge in [-0.05, 0) is 24.1 Å². The molecule has 0 aliphatic heterocycles. The average Bonchev–Trinajstić information content (AvgIpc) is 2.17. The molecule has 0 radical (unpaired) electrons. The van der Waals surface area contributed by atoms with Gasteiger partial charge in [0.05, 0.1) is 5.56 Å². The molecular formula is C11H13ClF3N. The lowest BCUT2D eigenvalue weighted by Gasteiger charge is -2.12. The van der Waals surface area contributed by atoms with Crippen molar-refractivity contribution in [1.29, 1.82) is 0 Å². The van der Waals surface area contributed by atoms with Crippen molar-refractivity contribution in [2.45, 2.75) is 18.6 Å². The summed E-state index contributed by atoms with van der Waals surface area (Å²) < 4.78 is 37.1. The molecule has 1 atom stereocenters. The van der Waals surface area contributed by atoms with E-state index in [1.165, 1.54) is 6.07 Å². The Balaban J connectivity index is 0.00000225. The first kappa shape index (κ1) is 15.0. The van der Waals surface area contributed by atoms with Crippen molar-refractivity contribution in [3.05, 3.63) is 48.0 Å². The number of halogens is 4. The monoisotopic (exact) mass is 251 g/mol. The maximum Gasteiger partial charge on any atom is 0.416 e. The highest BCUT2D eigenvalue weighted by atomic mass is 35.5. The van der Waals surface area contributed by atoms with Crippen molar-refractivity contribution in [3.8, 4) is 0 Å². The van der Waals surface area contributed by atoms with Crippen LogP contribution >= 0.6 is 12.4 Å². The van der Waals surface area contributed by atoms with Gasteiger partial charge in [0.15, 0.2) is 0 Å². The molecule has 0 amide bonds. The molecule has 0 aliphatic rings. The van der Waals surface area contributed by atoms with Crippen LogP contribution in [0.2, 0.25) is 0 Å². The van der Waals surface area contributed by atoms with E-state index in [9.17, 15) is 13.2 Å². The number of hydrogen-bond acceptors (Lipinski definition) is 1. The molecule has 5 heteroatoms. The second-order valence-electron chi connectivity index (χ2n) is 3.25. The minimum atomic E-state index is -4.32. The van der Waals surface area contributed by atoms with Crippen molar-refractivity contribution in [1.82, 2.24) is 0 Å². The Labute approximate surface area is 98.6 Å². The van der Waals surface area contributed by atoms with Gasteiger partial charge in [-0.3, -0.25) is 0 Å². The van der Waals surface area contributed by atoms with E-state index in [0.717, 1.165) is 12.1 Å². The lowest BCUT2D eigenvalue weighted by Crippen LogP contribution is -2.11. The Bertz CT molecular complexity index is 349. The molecule has 0 saturated carbocycles. The fourth-order valence-corrected chi connectivity index (χ4v) is 1.26. The Morgan fingerprint density at radius 2 is 2.00 bits per heavy atom. The fourth-order valence-electron chi connectivity index (χ4n) is 1.26. The maximum atomic E-state index is 12.4. The number of alkyl halides is 3. The van der Waals surface area contributed by atoms with Crippen LogP contribution in [0.5, 0.6) is 0 Å². The van der Waals surface area contributed by atoms with E-state index in [-0.39, 0.29) is 12.4 Å². The van der Waals surface area contributed by atoms with Crippen molar-refractivity contribution in [2.24, 2.45) is 5.73 Å². The van der Waals surface area contributed by atoms with E-state index in [4.69, 9.17) is 5.73 Å². The Kier molecular flexibility index (Phi) is 5.55. The third kappa shape index (κ3) is 3.87. The summed E-state index contributed by atoms with van der Waals surface area (Å²) in [6, 6.07) is 4.63. The molecular weight excluding hydrogens is 239 g/mol. The van der Waals surface area contributed by atoms with E-state index in [1.54, 1.807) is 12.1 Å². The molecule has 0 fully saturated rings. The van der Waals surface area contributed by atoms with Crippen LogP contribution in [0.1, 0.15) is 23.6 Å². The lowest BCUT2D eigenvalue weighted by molar-refractivity contribution is -0.137. The van der Waals surface area contributed by atoms with Crippen molar-refractivity contribution in [3.63, 3.8) is 0 Å². The zero-order valence-electron chi connectivity index (χ0n) is 8.50. The molecule has 0 unspecified atom stereocenters. The van der Waals surface area contributed by atoms with Crippen LogP contribution in [0.3, 0.4) is 0 Å². The minimum Gasteiger partial charge on any atom is -0.324 e. The quantitative estimate of drug-likeness (QED) is 0.815. The van der Waals surface area contributed by atoms with Gasteiger partial charge in [-0.25, -0.2) is 0 Å². The maximum absolute atomic E-state index is 12.4. The lowest BCUT2D eigenvalue weighted by atomic mass is 10.0. The number of rotatable bonds is 3. The van der Waals surface area contributed by atoms with Crippen LogP contribution in [-0.4, -0.2) is 0 Å². The number of hydrogen-bond donors (Lipinski definition) is 1. The molecule has 0 heterocycles. The van der Waals surface area contributed by atoms with Gasteiger partial charge < -0.3 is 5.73 Å². The highest BCUT2D eigenvalue weighted by Gasteiger charge is 2.30. The first-order valence-corrected chi connectivity index (χ1v) is 4.49. The molecule has 1 rings (SSSR count). The van der Waals surface area contributed by atoms with Crippen LogP contribution in [0.4, 0.5) is 13.2 Å². The van der Waals surface area contributed by atoms with Gasteiger partial charge in [0.25, 0.3) is 0 Å². The van der Waals surface area contributed by atoms with E-state index in [1.807, 2.05) is 0 Å². The predicted molar refractivity (Wildman–Crippen MR) is 60.4 cm³/mol. The van der Waals surface area contributed by atoms with Crippen molar-refractivity contribution < 1.29 is 13.2 Å². The van der Waals surface area contributed by atoms with Crippen molar-refractivity contribution in [2.75, 3.05) is 0 Å². The standard InChI is InChI=1S/C11H12F3N.ClH/c1-2-4-10(15)8-5-3-6-9(7-8)11(12,13)14;/h2-3,5-7,10H,1,4,15H2;1H/t10-;/m0./s1.